The quantitative estimate of drug-likeness (QED) is 0.321. The maximum absolute atomic E-state index is 13.8. The number of anilines is 1. The van der Waals surface area contributed by atoms with E-state index in [1.165, 1.54) is 35.2 Å². The van der Waals surface area contributed by atoms with Gasteiger partial charge in [-0.25, -0.2) is 8.42 Å². The Bertz CT molecular complexity index is 1400. The van der Waals surface area contributed by atoms with E-state index in [9.17, 15) is 18.0 Å². The van der Waals surface area contributed by atoms with Gasteiger partial charge in [0.1, 0.15) is 12.6 Å². The number of nitrogens with one attached hydrogen (secondary N) is 1. The van der Waals surface area contributed by atoms with Gasteiger partial charge in [-0.05, 0) is 70.0 Å². The van der Waals surface area contributed by atoms with E-state index in [-0.39, 0.29) is 39.1 Å². The number of aryl methyl sites for hydroxylation is 1. The fraction of sp³-hybridized carbons (Fsp3) is 0.310. The molecule has 10 heteroatoms. The van der Waals surface area contributed by atoms with Crippen LogP contribution in [0.25, 0.3) is 0 Å². The zero-order valence-electron chi connectivity index (χ0n) is 22.4. The second-order valence-corrected chi connectivity index (χ2v) is 12.3. The van der Waals surface area contributed by atoms with Crippen LogP contribution in [-0.2, 0) is 26.0 Å². The molecule has 0 bridgehead atoms. The Balaban J connectivity index is 2.00. The second kappa shape index (κ2) is 13.3. The molecule has 0 unspecified atom stereocenters. The Kier molecular flexibility index (Phi) is 10.4. The first-order chi connectivity index (χ1) is 18.4. The van der Waals surface area contributed by atoms with E-state index in [0.29, 0.717) is 6.42 Å². The van der Waals surface area contributed by atoms with Crippen LogP contribution in [0.4, 0.5) is 5.69 Å². The number of halogens is 2. The van der Waals surface area contributed by atoms with Crippen LogP contribution in [0.2, 0.25) is 10.0 Å². The molecule has 0 fully saturated rings. The minimum absolute atomic E-state index is 0.0217. The summed E-state index contributed by atoms with van der Waals surface area (Å²) >= 11 is 12.3. The van der Waals surface area contributed by atoms with E-state index >= 15 is 0 Å². The molecule has 0 aromatic heterocycles. The van der Waals surface area contributed by atoms with Gasteiger partial charge < -0.3 is 10.2 Å². The van der Waals surface area contributed by atoms with Crippen LogP contribution in [0.5, 0.6) is 0 Å². The van der Waals surface area contributed by atoms with Gasteiger partial charge in [-0.2, -0.15) is 0 Å². The van der Waals surface area contributed by atoms with Crippen LogP contribution in [-0.4, -0.2) is 50.3 Å². The summed E-state index contributed by atoms with van der Waals surface area (Å²) in [5.74, 6) is -0.854. The van der Waals surface area contributed by atoms with Gasteiger partial charge in [0.15, 0.2) is 0 Å². The number of rotatable bonds is 11. The largest absolute Gasteiger partial charge is 0.352 e. The van der Waals surface area contributed by atoms with Crippen molar-refractivity contribution >= 4 is 50.7 Å². The van der Waals surface area contributed by atoms with Crippen molar-refractivity contribution in [3.8, 4) is 0 Å². The van der Waals surface area contributed by atoms with E-state index in [4.69, 9.17) is 23.2 Å². The number of nitrogens with zero attached hydrogens (tertiary/aromatic N) is 2. The molecular formula is C29H33Cl2N3O4S. The highest BCUT2D eigenvalue weighted by molar-refractivity contribution is 7.92. The van der Waals surface area contributed by atoms with Crippen molar-refractivity contribution in [2.24, 2.45) is 0 Å². The summed E-state index contributed by atoms with van der Waals surface area (Å²) in [5, 5.41) is 3.24. The van der Waals surface area contributed by atoms with E-state index < -0.39 is 28.5 Å². The summed E-state index contributed by atoms with van der Waals surface area (Å²) in [4.78, 5) is 28.2. The van der Waals surface area contributed by atoms with Gasteiger partial charge in [0, 0.05) is 12.6 Å². The lowest BCUT2D eigenvalue weighted by molar-refractivity contribution is -0.139. The Hall–Kier alpha value is -3.07. The fourth-order valence-corrected chi connectivity index (χ4v) is 5.68. The molecule has 1 atom stereocenters. The summed E-state index contributed by atoms with van der Waals surface area (Å²) in [6, 6.07) is 19.4. The van der Waals surface area contributed by atoms with Crippen molar-refractivity contribution in [2.45, 2.75) is 51.1 Å². The molecule has 2 amide bonds. The summed E-state index contributed by atoms with van der Waals surface area (Å²) in [7, 11) is -4.18. The third-order valence-corrected chi connectivity index (χ3v) is 8.69. The highest BCUT2D eigenvalue weighted by atomic mass is 35.5. The molecular weight excluding hydrogens is 557 g/mol. The maximum atomic E-state index is 13.8. The topological polar surface area (TPSA) is 86.8 Å². The van der Waals surface area contributed by atoms with Gasteiger partial charge in [-0.3, -0.25) is 13.9 Å². The normalized spacial score (nSPS) is 12.2. The van der Waals surface area contributed by atoms with Crippen LogP contribution in [0.3, 0.4) is 0 Å². The monoisotopic (exact) mass is 589 g/mol. The van der Waals surface area contributed by atoms with Crippen molar-refractivity contribution in [1.82, 2.24) is 10.2 Å². The predicted molar refractivity (Wildman–Crippen MR) is 157 cm³/mol. The van der Waals surface area contributed by atoms with E-state index in [0.717, 1.165) is 15.4 Å². The Labute approximate surface area is 240 Å². The zero-order valence-corrected chi connectivity index (χ0v) is 24.7. The van der Waals surface area contributed by atoms with E-state index in [2.05, 4.69) is 5.32 Å². The van der Waals surface area contributed by atoms with Gasteiger partial charge in [0.25, 0.3) is 10.0 Å². The third-order valence-electron chi connectivity index (χ3n) is 6.16. The first-order valence-electron chi connectivity index (χ1n) is 12.6. The molecule has 0 aliphatic carbocycles. The zero-order chi connectivity index (χ0) is 28.7. The molecule has 1 N–H and O–H groups in total. The van der Waals surface area contributed by atoms with Crippen LogP contribution < -0.4 is 9.62 Å². The predicted octanol–water partition coefficient (Wildman–Crippen LogP) is 5.48. The van der Waals surface area contributed by atoms with Gasteiger partial charge in [0.05, 0.1) is 20.6 Å². The third kappa shape index (κ3) is 7.97. The first kappa shape index (κ1) is 30.5. The SMILES string of the molecule is Cc1ccc(S(=O)(=O)N(CC(=O)N(CCc2ccccc2)[C@@H](C)C(=O)NC(C)C)c2ccc(Cl)c(Cl)c2)cc1. The highest BCUT2D eigenvalue weighted by Crippen LogP contribution is 2.31. The lowest BCUT2D eigenvalue weighted by Crippen LogP contribution is -2.53. The fourth-order valence-electron chi connectivity index (χ4n) is 3.98. The van der Waals surface area contributed by atoms with Gasteiger partial charge in [0.2, 0.25) is 11.8 Å². The van der Waals surface area contributed by atoms with Crippen LogP contribution >= 0.6 is 23.2 Å². The molecule has 3 rings (SSSR count). The van der Waals surface area contributed by atoms with Crippen LogP contribution in [0, 0.1) is 6.92 Å². The molecule has 0 aliphatic heterocycles. The Morgan fingerprint density at radius 1 is 0.897 bits per heavy atom. The maximum Gasteiger partial charge on any atom is 0.264 e. The average molecular weight is 591 g/mol. The summed E-state index contributed by atoms with van der Waals surface area (Å²) in [6.45, 7) is 6.84. The first-order valence-corrected chi connectivity index (χ1v) is 14.8. The van der Waals surface area contributed by atoms with Gasteiger partial charge >= 0.3 is 0 Å². The summed E-state index contributed by atoms with van der Waals surface area (Å²) in [5.41, 5.74) is 2.06. The number of hydrogen-bond donors (Lipinski definition) is 1. The molecule has 0 radical (unpaired) electrons. The van der Waals surface area contributed by atoms with Crippen molar-refractivity contribution in [3.63, 3.8) is 0 Å². The van der Waals surface area contributed by atoms with Crippen molar-refractivity contribution in [2.75, 3.05) is 17.4 Å². The highest BCUT2D eigenvalue weighted by Gasteiger charge is 2.32. The molecule has 0 saturated heterocycles. The van der Waals surface area contributed by atoms with Crippen LogP contribution in [0.1, 0.15) is 31.9 Å². The number of hydrogen-bond acceptors (Lipinski definition) is 4. The van der Waals surface area contributed by atoms with E-state index in [1.807, 2.05) is 51.1 Å². The van der Waals surface area contributed by atoms with Crippen molar-refractivity contribution in [1.29, 1.82) is 0 Å². The Morgan fingerprint density at radius 2 is 1.54 bits per heavy atom. The minimum atomic E-state index is -4.18. The van der Waals surface area contributed by atoms with Crippen LogP contribution in [0.15, 0.2) is 77.7 Å². The number of benzene rings is 3. The van der Waals surface area contributed by atoms with E-state index in [1.54, 1.807) is 19.1 Å². The minimum Gasteiger partial charge on any atom is -0.352 e. The molecule has 208 valence electrons. The lowest BCUT2D eigenvalue weighted by atomic mass is 10.1. The lowest BCUT2D eigenvalue weighted by Gasteiger charge is -2.32. The average Bonchev–Trinajstić information content (AvgIpc) is 2.89. The van der Waals surface area contributed by atoms with Gasteiger partial charge in [-0.1, -0.05) is 71.2 Å². The molecule has 0 heterocycles. The molecule has 3 aromatic rings. The molecule has 0 saturated carbocycles. The molecule has 3 aromatic carbocycles. The number of amides is 2. The van der Waals surface area contributed by atoms with Crippen molar-refractivity contribution in [3.05, 3.63) is 94.0 Å². The molecule has 7 nitrogen and oxygen atoms in total. The standard InChI is InChI=1S/C29H33Cl2N3O4S/c1-20(2)32-29(36)22(4)33(17-16-23-8-6-5-7-9-23)28(35)19-34(24-12-15-26(30)27(31)18-24)39(37,38)25-13-10-21(3)11-14-25/h5-15,18,20,22H,16-17,19H2,1-4H3,(H,32,36)/t22-/m0/s1. The number of sulfonamides is 1. The summed E-state index contributed by atoms with van der Waals surface area (Å²) in [6.07, 6.45) is 0.489. The second-order valence-electron chi connectivity index (χ2n) is 9.59. The number of carbonyl (C=O) groups excluding carboxylic acids is 2. The smallest absolute Gasteiger partial charge is 0.264 e. The molecule has 39 heavy (non-hydrogen) atoms. The molecule has 0 aliphatic rings. The Morgan fingerprint density at radius 3 is 2.13 bits per heavy atom. The van der Waals surface area contributed by atoms with Crippen molar-refractivity contribution < 1.29 is 18.0 Å². The number of carbonyl (C=O) groups is 2. The van der Waals surface area contributed by atoms with Gasteiger partial charge in [-0.15, -0.1) is 0 Å². The molecule has 0 spiro atoms. The summed E-state index contributed by atoms with van der Waals surface area (Å²) < 4.78 is 28.7.